The molecule has 1 nitrogen and oxygen atoms in total. The molecule has 0 saturated carbocycles. The first-order valence-electron chi connectivity index (χ1n) is 6.15. The third-order valence-electron chi connectivity index (χ3n) is 2.87. The van der Waals surface area contributed by atoms with E-state index >= 15 is 0 Å². The fourth-order valence-electron chi connectivity index (χ4n) is 2.09. The lowest BCUT2D eigenvalue weighted by molar-refractivity contribution is -0.162. The van der Waals surface area contributed by atoms with Crippen molar-refractivity contribution in [3.63, 3.8) is 0 Å². The van der Waals surface area contributed by atoms with Crippen LogP contribution in [-0.2, 0) is 0 Å². The van der Waals surface area contributed by atoms with Gasteiger partial charge in [-0.3, -0.25) is 5.32 Å². The average Bonchev–Trinajstić information content (AvgIpc) is 2.26. The second kappa shape index (κ2) is 5.74. The number of halogens is 3. The Kier molecular flexibility index (Phi) is 4.79. The molecule has 102 valence electrons. The summed E-state index contributed by atoms with van der Waals surface area (Å²) in [7, 11) is 0. The molecule has 0 radical (unpaired) electrons. The summed E-state index contributed by atoms with van der Waals surface area (Å²) in [6.07, 6.45) is -2.74. The molecule has 1 aromatic rings. The SMILES string of the molecule is CCCC(C)(C)NC(c1ccccc1)C(F)(F)F. The summed E-state index contributed by atoms with van der Waals surface area (Å²) >= 11 is 0. The molecular formula is C14H20F3N. The summed E-state index contributed by atoms with van der Waals surface area (Å²) in [5.74, 6) is 0. The van der Waals surface area contributed by atoms with Crippen molar-refractivity contribution in [3.05, 3.63) is 35.9 Å². The van der Waals surface area contributed by atoms with Crippen LogP contribution < -0.4 is 5.32 Å². The number of hydrogen-bond donors (Lipinski definition) is 1. The molecule has 0 aliphatic rings. The quantitative estimate of drug-likeness (QED) is 0.823. The van der Waals surface area contributed by atoms with E-state index in [1.807, 2.05) is 6.92 Å². The summed E-state index contributed by atoms with van der Waals surface area (Å²) in [5, 5.41) is 2.73. The first-order chi connectivity index (χ1) is 8.26. The lowest BCUT2D eigenvalue weighted by atomic mass is 9.95. The van der Waals surface area contributed by atoms with Gasteiger partial charge in [-0.25, -0.2) is 0 Å². The molecule has 0 spiro atoms. The summed E-state index contributed by atoms with van der Waals surface area (Å²) in [6, 6.07) is 6.37. The Labute approximate surface area is 106 Å². The topological polar surface area (TPSA) is 12.0 Å². The second-order valence-corrected chi connectivity index (χ2v) is 5.16. The van der Waals surface area contributed by atoms with Crippen molar-refractivity contribution in [3.8, 4) is 0 Å². The molecule has 0 bridgehead atoms. The van der Waals surface area contributed by atoms with Crippen LogP contribution in [0.25, 0.3) is 0 Å². The smallest absolute Gasteiger partial charge is 0.297 e. The minimum atomic E-state index is -4.29. The summed E-state index contributed by atoms with van der Waals surface area (Å²) in [6.45, 7) is 5.57. The standard InChI is InChI=1S/C14H20F3N/c1-4-10-13(2,3)18-12(14(15,16)17)11-8-6-5-7-9-11/h5-9,12,18H,4,10H2,1-3H3. The van der Waals surface area contributed by atoms with Crippen LogP contribution >= 0.6 is 0 Å². The van der Waals surface area contributed by atoms with Crippen molar-refractivity contribution in [2.45, 2.75) is 51.4 Å². The Morgan fingerprint density at radius 3 is 2.11 bits per heavy atom. The molecule has 4 heteroatoms. The fourth-order valence-corrected chi connectivity index (χ4v) is 2.09. The van der Waals surface area contributed by atoms with E-state index in [2.05, 4.69) is 5.32 Å². The van der Waals surface area contributed by atoms with Crippen LogP contribution in [0, 0.1) is 0 Å². The van der Waals surface area contributed by atoms with Crippen LogP contribution in [0.5, 0.6) is 0 Å². The molecule has 0 saturated heterocycles. The zero-order chi connectivity index (χ0) is 13.8. The van der Waals surface area contributed by atoms with E-state index in [0.717, 1.165) is 6.42 Å². The lowest BCUT2D eigenvalue weighted by Gasteiger charge is -2.33. The minimum absolute atomic E-state index is 0.258. The summed E-state index contributed by atoms with van der Waals surface area (Å²) < 4.78 is 39.3. The van der Waals surface area contributed by atoms with E-state index in [0.29, 0.717) is 6.42 Å². The number of benzene rings is 1. The molecule has 1 unspecified atom stereocenters. The number of rotatable bonds is 5. The number of alkyl halides is 3. The van der Waals surface area contributed by atoms with Gasteiger partial charge >= 0.3 is 6.18 Å². The molecule has 0 heterocycles. The lowest BCUT2D eigenvalue weighted by Crippen LogP contribution is -2.46. The van der Waals surface area contributed by atoms with Gasteiger partial charge in [0.1, 0.15) is 6.04 Å². The molecule has 0 aromatic heterocycles. The third-order valence-corrected chi connectivity index (χ3v) is 2.87. The molecule has 0 amide bonds. The van der Waals surface area contributed by atoms with Gasteiger partial charge < -0.3 is 0 Å². The van der Waals surface area contributed by atoms with Crippen molar-refractivity contribution < 1.29 is 13.2 Å². The highest BCUT2D eigenvalue weighted by Crippen LogP contribution is 2.34. The Bertz CT molecular complexity index is 357. The van der Waals surface area contributed by atoms with Crippen LogP contribution in [0.1, 0.15) is 45.2 Å². The minimum Gasteiger partial charge on any atom is -0.297 e. The average molecular weight is 259 g/mol. The fraction of sp³-hybridized carbons (Fsp3) is 0.571. The van der Waals surface area contributed by atoms with Crippen molar-refractivity contribution >= 4 is 0 Å². The Morgan fingerprint density at radius 1 is 1.11 bits per heavy atom. The van der Waals surface area contributed by atoms with Crippen molar-refractivity contribution in [1.82, 2.24) is 5.32 Å². The van der Waals surface area contributed by atoms with Gasteiger partial charge in [-0.1, -0.05) is 43.7 Å². The maximum Gasteiger partial charge on any atom is 0.407 e. The van der Waals surface area contributed by atoms with Gasteiger partial charge in [-0.2, -0.15) is 13.2 Å². The van der Waals surface area contributed by atoms with Crippen molar-refractivity contribution in [2.75, 3.05) is 0 Å². The van der Waals surface area contributed by atoms with Gasteiger partial charge in [-0.05, 0) is 25.8 Å². The van der Waals surface area contributed by atoms with Crippen LogP contribution in [-0.4, -0.2) is 11.7 Å². The maximum atomic E-state index is 13.1. The molecule has 1 aromatic carbocycles. The molecule has 18 heavy (non-hydrogen) atoms. The van der Waals surface area contributed by atoms with Crippen molar-refractivity contribution in [1.29, 1.82) is 0 Å². The van der Waals surface area contributed by atoms with Gasteiger partial charge in [0, 0.05) is 5.54 Å². The predicted octanol–water partition coefficient (Wildman–Crippen LogP) is 4.46. The molecule has 0 aliphatic heterocycles. The van der Waals surface area contributed by atoms with Gasteiger partial charge in [0.05, 0.1) is 0 Å². The van der Waals surface area contributed by atoms with Crippen LogP contribution in [0.4, 0.5) is 13.2 Å². The second-order valence-electron chi connectivity index (χ2n) is 5.16. The van der Waals surface area contributed by atoms with Gasteiger partial charge in [0.15, 0.2) is 0 Å². The maximum absolute atomic E-state index is 13.1. The van der Waals surface area contributed by atoms with Gasteiger partial charge in [0.2, 0.25) is 0 Å². The van der Waals surface area contributed by atoms with E-state index in [1.165, 1.54) is 12.1 Å². The highest BCUT2D eigenvalue weighted by molar-refractivity contribution is 5.21. The van der Waals surface area contributed by atoms with Crippen LogP contribution in [0.2, 0.25) is 0 Å². The predicted molar refractivity (Wildman–Crippen MR) is 67.4 cm³/mol. The van der Waals surface area contributed by atoms with E-state index in [-0.39, 0.29) is 5.56 Å². The van der Waals surface area contributed by atoms with Crippen LogP contribution in [0.3, 0.4) is 0 Å². The largest absolute Gasteiger partial charge is 0.407 e. The molecule has 1 rings (SSSR count). The monoisotopic (exact) mass is 259 g/mol. The van der Waals surface area contributed by atoms with E-state index in [4.69, 9.17) is 0 Å². The van der Waals surface area contributed by atoms with Gasteiger partial charge in [0.25, 0.3) is 0 Å². The zero-order valence-corrected chi connectivity index (χ0v) is 11.0. The Morgan fingerprint density at radius 2 is 1.67 bits per heavy atom. The van der Waals surface area contributed by atoms with E-state index in [9.17, 15) is 13.2 Å². The summed E-state index contributed by atoms with van der Waals surface area (Å²) in [4.78, 5) is 0. The Hall–Kier alpha value is -1.03. The summed E-state index contributed by atoms with van der Waals surface area (Å²) in [5.41, 5.74) is -0.278. The highest BCUT2D eigenvalue weighted by atomic mass is 19.4. The van der Waals surface area contributed by atoms with E-state index < -0.39 is 17.8 Å². The molecular weight excluding hydrogens is 239 g/mol. The number of hydrogen-bond acceptors (Lipinski definition) is 1. The molecule has 1 atom stereocenters. The molecule has 0 aliphatic carbocycles. The first kappa shape index (κ1) is 15.0. The Balaban J connectivity index is 2.95. The highest BCUT2D eigenvalue weighted by Gasteiger charge is 2.42. The molecule has 0 fully saturated rings. The number of nitrogens with one attached hydrogen (secondary N) is 1. The van der Waals surface area contributed by atoms with Crippen molar-refractivity contribution in [2.24, 2.45) is 0 Å². The van der Waals surface area contributed by atoms with E-state index in [1.54, 1.807) is 32.0 Å². The zero-order valence-electron chi connectivity index (χ0n) is 11.0. The van der Waals surface area contributed by atoms with Gasteiger partial charge in [-0.15, -0.1) is 0 Å². The first-order valence-corrected chi connectivity index (χ1v) is 6.15. The molecule has 1 N–H and O–H groups in total. The normalized spacial score (nSPS) is 14.6. The van der Waals surface area contributed by atoms with Crippen LogP contribution in [0.15, 0.2) is 30.3 Å². The third kappa shape index (κ3) is 4.33.